The van der Waals surface area contributed by atoms with E-state index in [0.717, 1.165) is 28.8 Å². The fraction of sp³-hybridized carbons (Fsp3) is 0.235. The third-order valence-electron chi connectivity index (χ3n) is 3.71. The molecule has 1 aromatic heterocycles. The van der Waals surface area contributed by atoms with Crippen molar-refractivity contribution in [1.82, 2.24) is 9.55 Å². The normalized spacial score (nSPS) is 12.7. The van der Waals surface area contributed by atoms with Crippen molar-refractivity contribution in [3.05, 3.63) is 65.7 Å². The van der Waals surface area contributed by atoms with Gasteiger partial charge in [0.25, 0.3) is 0 Å². The van der Waals surface area contributed by atoms with Crippen molar-refractivity contribution < 1.29 is 4.39 Å². The zero-order valence-electron chi connectivity index (χ0n) is 12.0. The lowest BCUT2D eigenvalue weighted by atomic mass is 10.1. The topological polar surface area (TPSA) is 43.8 Å². The highest BCUT2D eigenvalue weighted by atomic mass is 19.1. The van der Waals surface area contributed by atoms with E-state index in [1.54, 1.807) is 6.07 Å². The van der Waals surface area contributed by atoms with Crippen LogP contribution < -0.4 is 5.73 Å². The molecule has 0 bridgehead atoms. The first kappa shape index (κ1) is 13.8. The van der Waals surface area contributed by atoms with Gasteiger partial charge in [0.15, 0.2) is 0 Å². The van der Waals surface area contributed by atoms with Crippen LogP contribution in [0.3, 0.4) is 0 Å². The highest BCUT2D eigenvalue weighted by molar-refractivity contribution is 5.75. The Bertz CT molecular complexity index is 764. The molecule has 2 N–H and O–H groups in total. The minimum atomic E-state index is -0.261. The lowest BCUT2D eigenvalue weighted by Crippen LogP contribution is -2.19. The minimum absolute atomic E-state index is 0.255. The molecule has 0 radical (unpaired) electrons. The van der Waals surface area contributed by atoms with E-state index < -0.39 is 0 Å². The summed E-state index contributed by atoms with van der Waals surface area (Å²) in [5.41, 5.74) is 9.10. The van der Waals surface area contributed by atoms with E-state index >= 15 is 0 Å². The highest BCUT2D eigenvalue weighted by Gasteiger charge is 2.13. The van der Waals surface area contributed by atoms with Gasteiger partial charge < -0.3 is 10.3 Å². The molecule has 1 heterocycles. The van der Waals surface area contributed by atoms with Crippen LogP contribution in [-0.4, -0.2) is 9.55 Å². The summed E-state index contributed by atoms with van der Waals surface area (Å²) in [5, 5.41) is 0. The van der Waals surface area contributed by atoms with Crippen molar-refractivity contribution in [3.8, 4) is 0 Å². The second kappa shape index (κ2) is 5.66. The standard InChI is InChI=1S/C17H18FN3/c1-2-17-20-15-8-3-4-9-16(15)21(17)11-14(19)12-6-5-7-13(18)10-12/h3-10,14H,2,11,19H2,1H3. The lowest BCUT2D eigenvalue weighted by Gasteiger charge is -2.15. The number of nitrogens with two attached hydrogens (primary N) is 1. The summed E-state index contributed by atoms with van der Waals surface area (Å²) in [7, 11) is 0. The number of nitrogens with zero attached hydrogens (tertiary/aromatic N) is 2. The van der Waals surface area contributed by atoms with Crippen molar-refractivity contribution in [1.29, 1.82) is 0 Å². The van der Waals surface area contributed by atoms with E-state index in [1.807, 2.05) is 30.3 Å². The van der Waals surface area contributed by atoms with E-state index in [9.17, 15) is 4.39 Å². The minimum Gasteiger partial charge on any atom is -0.326 e. The van der Waals surface area contributed by atoms with Gasteiger partial charge in [-0.25, -0.2) is 9.37 Å². The molecule has 0 aliphatic heterocycles. The van der Waals surface area contributed by atoms with Gasteiger partial charge in [0.05, 0.1) is 11.0 Å². The Kier molecular flexibility index (Phi) is 3.71. The quantitative estimate of drug-likeness (QED) is 0.797. The summed E-state index contributed by atoms with van der Waals surface area (Å²) < 4.78 is 15.5. The maximum absolute atomic E-state index is 13.3. The van der Waals surface area contributed by atoms with Crippen LogP contribution in [0.4, 0.5) is 4.39 Å². The van der Waals surface area contributed by atoms with Gasteiger partial charge in [-0.15, -0.1) is 0 Å². The first-order chi connectivity index (χ1) is 10.2. The molecule has 4 heteroatoms. The number of aryl methyl sites for hydroxylation is 1. The molecule has 0 aliphatic rings. The predicted molar refractivity (Wildman–Crippen MR) is 82.4 cm³/mol. The Morgan fingerprint density at radius 2 is 2.00 bits per heavy atom. The van der Waals surface area contributed by atoms with Crippen LogP contribution in [0.5, 0.6) is 0 Å². The molecule has 0 aliphatic carbocycles. The van der Waals surface area contributed by atoms with Crippen LogP contribution >= 0.6 is 0 Å². The molecule has 0 saturated carbocycles. The molecular formula is C17H18FN3. The molecule has 3 aromatic rings. The molecular weight excluding hydrogens is 265 g/mol. The number of hydrogen-bond donors (Lipinski definition) is 1. The smallest absolute Gasteiger partial charge is 0.123 e. The van der Waals surface area contributed by atoms with E-state index in [2.05, 4.69) is 16.5 Å². The van der Waals surface area contributed by atoms with Crippen molar-refractivity contribution in [2.24, 2.45) is 5.73 Å². The fourth-order valence-electron chi connectivity index (χ4n) is 2.64. The molecule has 108 valence electrons. The number of para-hydroxylation sites is 2. The van der Waals surface area contributed by atoms with E-state index in [4.69, 9.17) is 5.73 Å². The summed E-state index contributed by atoms with van der Waals surface area (Å²) in [6.45, 7) is 2.67. The zero-order valence-corrected chi connectivity index (χ0v) is 12.0. The second-order valence-corrected chi connectivity index (χ2v) is 5.14. The van der Waals surface area contributed by atoms with E-state index in [-0.39, 0.29) is 11.9 Å². The monoisotopic (exact) mass is 283 g/mol. The van der Waals surface area contributed by atoms with Crippen LogP contribution in [-0.2, 0) is 13.0 Å². The maximum Gasteiger partial charge on any atom is 0.123 e. The molecule has 0 fully saturated rings. The number of rotatable bonds is 4. The van der Waals surface area contributed by atoms with Crippen molar-refractivity contribution in [2.45, 2.75) is 25.9 Å². The molecule has 0 saturated heterocycles. The Balaban J connectivity index is 1.97. The number of halogens is 1. The zero-order chi connectivity index (χ0) is 14.8. The number of benzene rings is 2. The Hall–Kier alpha value is -2.20. The van der Waals surface area contributed by atoms with Gasteiger partial charge in [0.2, 0.25) is 0 Å². The molecule has 1 unspecified atom stereocenters. The molecule has 1 atom stereocenters. The van der Waals surface area contributed by atoms with Gasteiger partial charge in [0, 0.05) is 19.0 Å². The predicted octanol–water partition coefficient (Wildman–Crippen LogP) is 3.44. The molecule has 2 aromatic carbocycles. The van der Waals surface area contributed by atoms with Gasteiger partial charge in [-0.05, 0) is 29.8 Å². The Morgan fingerprint density at radius 3 is 2.76 bits per heavy atom. The van der Waals surface area contributed by atoms with Crippen LogP contribution in [0.2, 0.25) is 0 Å². The van der Waals surface area contributed by atoms with E-state index in [0.29, 0.717) is 6.54 Å². The first-order valence-electron chi connectivity index (χ1n) is 7.14. The summed E-state index contributed by atoms with van der Waals surface area (Å²) in [4.78, 5) is 4.63. The van der Waals surface area contributed by atoms with Crippen LogP contribution in [0, 0.1) is 5.82 Å². The van der Waals surface area contributed by atoms with Crippen molar-refractivity contribution in [2.75, 3.05) is 0 Å². The molecule has 0 spiro atoms. The van der Waals surface area contributed by atoms with Gasteiger partial charge in [-0.2, -0.15) is 0 Å². The van der Waals surface area contributed by atoms with Gasteiger partial charge in [-0.1, -0.05) is 31.2 Å². The van der Waals surface area contributed by atoms with Gasteiger partial charge in [0.1, 0.15) is 11.6 Å². The molecule has 21 heavy (non-hydrogen) atoms. The average Bonchev–Trinajstić information content (AvgIpc) is 2.85. The molecule has 3 nitrogen and oxygen atoms in total. The number of fused-ring (bicyclic) bond motifs is 1. The summed E-state index contributed by atoms with van der Waals surface area (Å²) >= 11 is 0. The largest absolute Gasteiger partial charge is 0.326 e. The number of imidazole rings is 1. The third kappa shape index (κ3) is 2.67. The van der Waals surface area contributed by atoms with Gasteiger partial charge >= 0.3 is 0 Å². The average molecular weight is 283 g/mol. The summed E-state index contributed by atoms with van der Waals surface area (Å²) in [6, 6.07) is 14.2. The fourth-order valence-corrected chi connectivity index (χ4v) is 2.64. The lowest BCUT2D eigenvalue weighted by molar-refractivity contribution is 0.561. The van der Waals surface area contributed by atoms with Crippen LogP contribution in [0.1, 0.15) is 24.4 Å². The summed E-state index contributed by atoms with van der Waals surface area (Å²) in [6.07, 6.45) is 0.838. The first-order valence-corrected chi connectivity index (χ1v) is 7.14. The summed E-state index contributed by atoms with van der Waals surface area (Å²) in [5.74, 6) is 0.747. The highest BCUT2D eigenvalue weighted by Crippen LogP contribution is 2.21. The van der Waals surface area contributed by atoms with Gasteiger partial charge in [-0.3, -0.25) is 0 Å². The van der Waals surface area contributed by atoms with Crippen molar-refractivity contribution >= 4 is 11.0 Å². The molecule has 0 amide bonds. The Labute approximate surface area is 123 Å². The third-order valence-corrected chi connectivity index (χ3v) is 3.71. The van der Waals surface area contributed by atoms with Crippen molar-refractivity contribution in [3.63, 3.8) is 0 Å². The van der Waals surface area contributed by atoms with Crippen LogP contribution in [0.15, 0.2) is 48.5 Å². The maximum atomic E-state index is 13.3. The number of aromatic nitrogens is 2. The SMILES string of the molecule is CCc1nc2ccccc2n1CC(N)c1cccc(F)c1. The van der Waals surface area contributed by atoms with E-state index in [1.165, 1.54) is 12.1 Å². The Morgan fingerprint density at radius 1 is 1.19 bits per heavy atom. The number of hydrogen-bond acceptors (Lipinski definition) is 2. The second-order valence-electron chi connectivity index (χ2n) is 5.14. The van der Waals surface area contributed by atoms with Crippen LogP contribution in [0.25, 0.3) is 11.0 Å². The molecule has 3 rings (SSSR count).